The number of ether oxygens (including phenoxy) is 1. The van der Waals surface area contributed by atoms with Crippen molar-refractivity contribution in [2.75, 3.05) is 19.7 Å². The van der Waals surface area contributed by atoms with Crippen molar-refractivity contribution in [1.29, 1.82) is 0 Å². The summed E-state index contributed by atoms with van der Waals surface area (Å²) < 4.78 is 6.73. The summed E-state index contributed by atoms with van der Waals surface area (Å²) in [4.78, 5) is 39.3. The highest BCUT2D eigenvalue weighted by Crippen LogP contribution is 2.18. The molecule has 188 valence electrons. The molecule has 1 saturated heterocycles. The predicted octanol–water partition coefficient (Wildman–Crippen LogP) is 3.71. The molecule has 36 heavy (non-hydrogen) atoms. The summed E-state index contributed by atoms with van der Waals surface area (Å²) >= 11 is 0. The molecule has 8 heteroatoms. The van der Waals surface area contributed by atoms with Crippen LogP contribution in [0.2, 0.25) is 0 Å². The Kier molecular flexibility index (Phi) is 8.15. The molecule has 0 radical (unpaired) electrons. The van der Waals surface area contributed by atoms with Gasteiger partial charge >= 0.3 is 5.97 Å². The van der Waals surface area contributed by atoms with Gasteiger partial charge in [-0.1, -0.05) is 30.3 Å². The average molecular weight is 489 g/mol. The quantitative estimate of drug-likeness (QED) is 0.488. The Hall–Kier alpha value is -3.94. The third-order valence-electron chi connectivity index (χ3n) is 6.49. The molecule has 0 aliphatic carbocycles. The fraction of sp³-hybridized carbons (Fsp3) is 0.357. The van der Waals surface area contributed by atoms with Crippen molar-refractivity contribution in [3.05, 3.63) is 83.2 Å². The van der Waals surface area contributed by atoms with Crippen LogP contribution in [0.4, 0.5) is 0 Å². The van der Waals surface area contributed by atoms with Crippen molar-refractivity contribution in [3.8, 4) is 5.69 Å². The molecule has 4 rings (SSSR count). The van der Waals surface area contributed by atoms with E-state index < -0.39 is 5.97 Å². The molecule has 1 fully saturated rings. The van der Waals surface area contributed by atoms with Crippen molar-refractivity contribution in [1.82, 2.24) is 20.0 Å². The van der Waals surface area contributed by atoms with Crippen LogP contribution in [0.15, 0.2) is 60.8 Å². The van der Waals surface area contributed by atoms with Crippen LogP contribution in [0.5, 0.6) is 0 Å². The molecule has 1 aromatic heterocycles. The monoisotopic (exact) mass is 488 g/mol. The van der Waals surface area contributed by atoms with E-state index in [0.717, 1.165) is 30.5 Å². The molecule has 0 saturated carbocycles. The maximum atomic E-state index is 13.0. The van der Waals surface area contributed by atoms with E-state index in [2.05, 4.69) is 10.4 Å². The molecule has 8 nitrogen and oxygen atoms in total. The highest BCUT2D eigenvalue weighted by molar-refractivity contribution is 5.94. The zero-order valence-corrected chi connectivity index (χ0v) is 20.8. The van der Waals surface area contributed by atoms with E-state index in [0.29, 0.717) is 42.9 Å². The van der Waals surface area contributed by atoms with E-state index in [1.165, 1.54) is 6.20 Å². The Labute approximate surface area is 211 Å². The second-order valence-corrected chi connectivity index (χ2v) is 8.94. The van der Waals surface area contributed by atoms with Gasteiger partial charge in [0.25, 0.3) is 5.91 Å². The number of nitrogens with one attached hydrogen (secondary N) is 1. The summed E-state index contributed by atoms with van der Waals surface area (Å²) in [6.07, 6.45) is 4.17. The first kappa shape index (κ1) is 25.2. The van der Waals surface area contributed by atoms with Gasteiger partial charge in [-0.05, 0) is 62.9 Å². The van der Waals surface area contributed by atoms with Crippen molar-refractivity contribution in [2.24, 2.45) is 0 Å². The number of rotatable bonds is 8. The number of piperidine rings is 1. The van der Waals surface area contributed by atoms with Gasteiger partial charge in [-0.15, -0.1) is 0 Å². The number of aromatic nitrogens is 2. The molecule has 0 spiro atoms. The molecule has 1 aliphatic heterocycles. The van der Waals surface area contributed by atoms with Gasteiger partial charge in [0, 0.05) is 31.1 Å². The van der Waals surface area contributed by atoms with Gasteiger partial charge in [-0.25, -0.2) is 9.48 Å². The topological polar surface area (TPSA) is 93.5 Å². The van der Waals surface area contributed by atoms with Crippen LogP contribution in [0.25, 0.3) is 5.69 Å². The van der Waals surface area contributed by atoms with Gasteiger partial charge in [0.15, 0.2) is 0 Å². The number of nitrogens with zero attached hydrogens (tertiary/aromatic N) is 3. The standard InChI is InChI=1S/C28H32N4O4/c1-3-36-28(35)25-19-29-32(20(25)2)24-12-10-22(11-13-24)27(34)31-17-15-23(16-18-31)30-26(33)14-9-21-7-5-4-6-8-21/h4-8,10-13,19,23H,3,9,14-18H2,1-2H3,(H,30,33). The van der Waals surface area contributed by atoms with Gasteiger partial charge in [-0.2, -0.15) is 5.10 Å². The summed E-state index contributed by atoms with van der Waals surface area (Å²) in [7, 11) is 0. The normalized spacial score (nSPS) is 13.9. The van der Waals surface area contributed by atoms with Crippen LogP contribution in [0.3, 0.4) is 0 Å². The Morgan fingerprint density at radius 3 is 2.39 bits per heavy atom. The Morgan fingerprint density at radius 1 is 1.03 bits per heavy atom. The number of carbonyl (C=O) groups excluding carboxylic acids is 3. The number of likely N-dealkylation sites (tertiary alicyclic amines) is 1. The lowest BCUT2D eigenvalue weighted by atomic mass is 10.0. The molecule has 2 amide bonds. The summed E-state index contributed by atoms with van der Waals surface area (Å²) in [5, 5.41) is 7.42. The van der Waals surface area contributed by atoms with Crippen LogP contribution in [0, 0.1) is 6.92 Å². The van der Waals surface area contributed by atoms with E-state index in [4.69, 9.17) is 4.74 Å². The molecule has 3 aromatic rings. The van der Waals surface area contributed by atoms with Gasteiger partial charge in [-0.3, -0.25) is 9.59 Å². The van der Waals surface area contributed by atoms with Crippen LogP contribution in [-0.2, 0) is 16.0 Å². The lowest BCUT2D eigenvalue weighted by molar-refractivity contribution is -0.122. The van der Waals surface area contributed by atoms with E-state index >= 15 is 0 Å². The van der Waals surface area contributed by atoms with Crippen LogP contribution < -0.4 is 5.32 Å². The lowest BCUT2D eigenvalue weighted by Gasteiger charge is -2.32. The second-order valence-electron chi connectivity index (χ2n) is 8.94. The summed E-state index contributed by atoms with van der Waals surface area (Å²) in [6.45, 7) is 5.08. The first-order valence-electron chi connectivity index (χ1n) is 12.4. The van der Waals surface area contributed by atoms with Crippen molar-refractivity contribution in [2.45, 2.75) is 45.6 Å². The molecular formula is C28H32N4O4. The SMILES string of the molecule is CCOC(=O)c1cnn(-c2ccc(C(=O)N3CCC(NC(=O)CCc4ccccc4)CC3)cc2)c1C. The highest BCUT2D eigenvalue weighted by atomic mass is 16.5. The smallest absolute Gasteiger partial charge is 0.341 e. The molecule has 1 N–H and O–H groups in total. The highest BCUT2D eigenvalue weighted by Gasteiger charge is 2.25. The zero-order chi connectivity index (χ0) is 25.5. The number of carbonyl (C=O) groups is 3. The third kappa shape index (κ3) is 6.00. The number of esters is 1. The van der Waals surface area contributed by atoms with Crippen molar-refractivity contribution >= 4 is 17.8 Å². The summed E-state index contributed by atoms with van der Waals surface area (Å²) in [5.74, 6) is -0.372. The third-order valence-corrected chi connectivity index (χ3v) is 6.49. The lowest BCUT2D eigenvalue weighted by Crippen LogP contribution is -2.46. The number of hydrogen-bond acceptors (Lipinski definition) is 5. The predicted molar refractivity (Wildman–Crippen MR) is 136 cm³/mol. The van der Waals surface area contributed by atoms with E-state index in [9.17, 15) is 14.4 Å². The minimum Gasteiger partial charge on any atom is -0.462 e. The van der Waals surface area contributed by atoms with Gasteiger partial charge in [0.05, 0.1) is 24.2 Å². The largest absolute Gasteiger partial charge is 0.462 e. The molecule has 0 atom stereocenters. The number of benzene rings is 2. The van der Waals surface area contributed by atoms with Gasteiger partial charge in [0.1, 0.15) is 5.56 Å². The maximum Gasteiger partial charge on any atom is 0.341 e. The fourth-order valence-electron chi connectivity index (χ4n) is 4.44. The van der Waals surface area contributed by atoms with Crippen LogP contribution >= 0.6 is 0 Å². The Balaban J connectivity index is 1.28. The Bertz CT molecular complexity index is 1200. The van der Waals surface area contributed by atoms with Gasteiger partial charge < -0.3 is 15.0 Å². The number of hydrogen-bond donors (Lipinski definition) is 1. The molecule has 2 aromatic carbocycles. The van der Waals surface area contributed by atoms with E-state index in [1.807, 2.05) is 54.3 Å². The van der Waals surface area contributed by atoms with Gasteiger partial charge in [0.2, 0.25) is 5.91 Å². The minimum absolute atomic E-state index is 0.0280. The van der Waals surface area contributed by atoms with Crippen LogP contribution in [-0.4, -0.2) is 58.2 Å². The zero-order valence-electron chi connectivity index (χ0n) is 20.8. The summed E-state index contributed by atoms with van der Waals surface area (Å²) in [6, 6.07) is 17.3. The van der Waals surface area contributed by atoms with Crippen LogP contribution in [0.1, 0.15) is 58.2 Å². The minimum atomic E-state index is -0.399. The fourth-order valence-corrected chi connectivity index (χ4v) is 4.44. The van der Waals surface area contributed by atoms with E-state index in [-0.39, 0.29) is 17.9 Å². The molecule has 0 unspecified atom stereocenters. The van der Waals surface area contributed by atoms with Crippen molar-refractivity contribution in [3.63, 3.8) is 0 Å². The van der Waals surface area contributed by atoms with Crippen molar-refractivity contribution < 1.29 is 19.1 Å². The first-order chi connectivity index (χ1) is 17.5. The number of amides is 2. The van der Waals surface area contributed by atoms with E-state index in [1.54, 1.807) is 23.7 Å². The summed E-state index contributed by atoms with van der Waals surface area (Å²) in [5.41, 5.74) is 3.62. The number of aryl methyl sites for hydroxylation is 1. The molecule has 2 heterocycles. The molecule has 0 bridgehead atoms. The Morgan fingerprint density at radius 2 is 1.72 bits per heavy atom. The average Bonchev–Trinajstić information content (AvgIpc) is 3.29. The maximum absolute atomic E-state index is 13.0. The molecular weight excluding hydrogens is 456 g/mol. The first-order valence-corrected chi connectivity index (χ1v) is 12.4. The molecule has 1 aliphatic rings. The second kappa shape index (κ2) is 11.7.